The Bertz CT molecular complexity index is 1210. The van der Waals surface area contributed by atoms with Crippen molar-refractivity contribution in [2.75, 3.05) is 23.6 Å². The minimum Gasteiger partial charge on any atom is -0.496 e. The van der Waals surface area contributed by atoms with E-state index >= 15 is 0 Å². The van der Waals surface area contributed by atoms with Crippen LogP contribution in [-0.2, 0) is 0 Å². The third kappa shape index (κ3) is 3.76. The van der Waals surface area contributed by atoms with Gasteiger partial charge >= 0.3 is 0 Å². The van der Waals surface area contributed by atoms with Gasteiger partial charge in [-0.2, -0.15) is 0 Å². The van der Waals surface area contributed by atoms with Gasteiger partial charge in [-0.15, -0.1) is 0 Å². The Hall–Kier alpha value is -4.40. The summed E-state index contributed by atoms with van der Waals surface area (Å²) in [7, 11) is 1.50. The maximum Gasteiger partial charge on any atom is 0.273 e. The van der Waals surface area contributed by atoms with Crippen LogP contribution in [0.3, 0.4) is 0 Å². The van der Waals surface area contributed by atoms with Gasteiger partial charge in [-0.25, -0.2) is 9.97 Å². The molecule has 9 nitrogen and oxygen atoms in total. The average molecular weight is 401 g/mol. The maximum absolute atomic E-state index is 12.5. The number of hydrazine groups is 1. The van der Waals surface area contributed by atoms with Gasteiger partial charge < -0.3 is 15.8 Å². The number of nitrogens with zero attached hydrogens (tertiary/aromatic N) is 3. The zero-order valence-corrected chi connectivity index (χ0v) is 16.1. The number of carbonyl (C=O) groups is 1. The Morgan fingerprint density at radius 1 is 0.967 bits per heavy atom. The number of amides is 1. The Morgan fingerprint density at radius 3 is 2.63 bits per heavy atom. The summed E-state index contributed by atoms with van der Waals surface area (Å²) in [5.41, 5.74) is 13.7. The molecule has 1 amide bonds. The number of nitrogens with two attached hydrogens (primary N) is 1. The van der Waals surface area contributed by atoms with Gasteiger partial charge in [0.1, 0.15) is 17.8 Å². The van der Waals surface area contributed by atoms with Gasteiger partial charge in [0, 0.05) is 11.6 Å². The van der Waals surface area contributed by atoms with Crippen LogP contribution in [0.1, 0.15) is 10.4 Å². The zero-order valence-electron chi connectivity index (χ0n) is 16.1. The highest BCUT2D eigenvalue weighted by molar-refractivity contribution is 5.98. The van der Waals surface area contributed by atoms with E-state index in [-0.39, 0.29) is 11.5 Å². The summed E-state index contributed by atoms with van der Waals surface area (Å²) in [5.74, 6) is 0.706. The van der Waals surface area contributed by atoms with Crippen LogP contribution < -0.4 is 26.6 Å². The van der Waals surface area contributed by atoms with E-state index in [1.165, 1.54) is 13.4 Å². The van der Waals surface area contributed by atoms with Crippen molar-refractivity contribution in [1.82, 2.24) is 20.4 Å². The van der Waals surface area contributed by atoms with Crippen molar-refractivity contribution in [3.05, 3.63) is 72.7 Å². The normalized spacial score (nSPS) is 10.4. The third-order valence-electron chi connectivity index (χ3n) is 4.42. The largest absolute Gasteiger partial charge is 0.496 e. The van der Waals surface area contributed by atoms with Gasteiger partial charge in [0.25, 0.3) is 5.91 Å². The number of hydrogen-bond acceptors (Lipinski definition) is 8. The fourth-order valence-electron chi connectivity index (χ4n) is 2.94. The van der Waals surface area contributed by atoms with E-state index in [9.17, 15) is 4.79 Å². The lowest BCUT2D eigenvalue weighted by Crippen LogP contribution is -2.30. The zero-order chi connectivity index (χ0) is 20.9. The lowest BCUT2D eigenvalue weighted by atomic mass is 10.2. The Morgan fingerprint density at radius 2 is 1.77 bits per heavy atom. The van der Waals surface area contributed by atoms with E-state index in [1.807, 2.05) is 30.3 Å². The van der Waals surface area contributed by atoms with Crippen molar-refractivity contribution in [2.45, 2.75) is 0 Å². The molecule has 5 N–H and O–H groups in total. The topological polar surface area (TPSA) is 127 Å². The highest BCUT2D eigenvalue weighted by atomic mass is 16.5. The summed E-state index contributed by atoms with van der Waals surface area (Å²) >= 11 is 0. The van der Waals surface area contributed by atoms with Gasteiger partial charge in [0.05, 0.1) is 23.9 Å². The molecular weight excluding hydrogens is 382 g/mol. The van der Waals surface area contributed by atoms with E-state index < -0.39 is 5.91 Å². The molecule has 30 heavy (non-hydrogen) atoms. The molecule has 150 valence electrons. The fraction of sp³-hybridized carbons (Fsp3) is 0.0476. The predicted octanol–water partition coefficient (Wildman–Crippen LogP) is 3.12. The molecule has 0 saturated carbocycles. The van der Waals surface area contributed by atoms with E-state index in [1.54, 1.807) is 30.5 Å². The summed E-state index contributed by atoms with van der Waals surface area (Å²) in [5, 5.41) is 4.17. The van der Waals surface area contributed by atoms with Gasteiger partial charge in [-0.3, -0.25) is 20.6 Å². The first-order chi connectivity index (χ1) is 14.7. The Balaban J connectivity index is 1.54. The molecule has 0 aliphatic carbocycles. The molecule has 0 bridgehead atoms. The summed E-state index contributed by atoms with van der Waals surface area (Å²) < 4.78 is 5.21. The number of para-hydroxylation sites is 2. The summed E-state index contributed by atoms with van der Waals surface area (Å²) in [6, 6.07) is 16.5. The SMILES string of the molecule is COc1ccccc1C(=O)NNc1ncnc(Nc2cccc3cccnc23)c1N. The standard InChI is InChI=1S/C21H19N7O2/c1-30-16-10-3-2-8-14(16)21(29)28-27-20-17(22)19(24-12-25-20)26-15-9-4-6-13-7-5-11-23-18(13)15/h2-12H,22H2,1H3,(H,28,29)(H2,24,25,26,27). The highest BCUT2D eigenvalue weighted by Crippen LogP contribution is 2.29. The number of fused-ring (bicyclic) bond motifs is 1. The number of pyridine rings is 1. The molecule has 0 spiro atoms. The predicted molar refractivity (Wildman–Crippen MR) is 116 cm³/mol. The van der Waals surface area contributed by atoms with Crippen molar-refractivity contribution in [2.24, 2.45) is 0 Å². The molecule has 4 aromatic rings. The van der Waals surface area contributed by atoms with Crippen molar-refractivity contribution in [3.8, 4) is 5.75 Å². The number of carbonyl (C=O) groups excluding carboxylic acids is 1. The molecule has 2 heterocycles. The Kier molecular flexibility index (Phi) is 5.25. The number of benzene rings is 2. The monoisotopic (exact) mass is 401 g/mol. The summed E-state index contributed by atoms with van der Waals surface area (Å²) in [4.78, 5) is 25.2. The number of hydrogen-bond donors (Lipinski definition) is 4. The van der Waals surface area contributed by atoms with Crippen LogP contribution in [0.2, 0.25) is 0 Å². The summed E-state index contributed by atoms with van der Waals surface area (Å²) in [6.45, 7) is 0. The number of nitrogens with one attached hydrogen (secondary N) is 3. The van der Waals surface area contributed by atoms with Crippen LogP contribution in [0.4, 0.5) is 23.0 Å². The van der Waals surface area contributed by atoms with Crippen LogP contribution >= 0.6 is 0 Å². The van der Waals surface area contributed by atoms with Crippen molar-refractivity contribution in [3.63, 3.8) is 0 Å². The first-order valence-corrected chi connectivity index (χ1v) is 9.08. The van der Waals surface area contributed by atoms with E-state index in [4.69, 9.17) is 10.5 Å². The number of anilines is 4. The van der Waals surface area contributed by atoms with Crippen molar-refractivity contribution < 1.29 is 9.53 Å². The fourth-order valence-corrected chi connectivity index (χ4v) is 2.94. The smallest absolute Gasteiger partial charge is 0.273 e. The number of aromatic nitrogens is 3. The highest BCUT2D eigenvalue weighted by Gasteiger charge is 2.14. The Labute approximate surface area is 172 Å². The van der Waals surface area contributed by atoms with Crippen LogP contribution in [0, 0.1) is 0 Å². The minimum atomic E-state index is -0.391. The first kappa shape index (κ1) is 18.9. The second kappa shape index (κ2) is 8.31. The molecule has 0 atom stereocenters. The minimum absolute atomic E-state index is 0.241. The molecule has 0 aliphatic rings. The lowest BCUT2D eigenvalue weighted by molar-refractivity contribution is 0.0959. The molecule has 2 aromatic heterocycles. The van der Waals surface area contributed by atoms with E-state index in [2.05, 4.69) is 31.1 Å². The molecule has 0 unspecified atom stereocenters. The van der Waals surface area contributed by atoms with Gasteiger partial charge in [0.15, 0.2) is 11.6 Å². The molecule has 0 radical (unpaired) electrons. The van der Waals surface area contributed by atoms with Crippen LogP contribution in [0.15, 0.2) is 67.1 Å². The quantitative estimate of drug-likeness (QED) is 0.363. The van der Waals surface area contributed by atoms with Crippen LogP contribution in [-0.4, -0.2) is 28.0 Å². The third-order valence-corrected chi connectivity index (χ3v) is 4.42. The second-order valence-electron chi connectivity index (χ2n) is 6.27. The maximum atomic E-state index is 12.5. The lowest BCUT2D eigenvalue weighted by Gasteiger charge is -2.14. The molecule has 0 fully saturated rings. The van der Waals surface area contributed by atoms with E-state index in [0.717, 1.165) is 16.6 Å². The molecular formula is C21H19N7O2. The number of methoxy groups -OCH3 is 1. The molecule has 2 aromatic carbocycles. The van der Waals surface area contributed by atoms with Crippen LogP contribution in [0.25, 0.3) is 10.9 Å². The average Bonchev–Trinajstić information content (AvgIpc) is 2.79. The van der Waals surface area contributed by atoms with Crippen molar-refractivity contribution >= 4 is 39.8 Å². The molecule has 0 aliphatic heterocycles. The van der Waals surface area contributed by atoms with Gasteiger partial charge in [-0.1, -0.05) is 30.3 Å². The van der Waals surface area contributed by atoms with Crippen molar-refractivity contribution in [1.29, 1.82) is 0 Å². The van der Waals surface area contributed by atoms with E-state index in [0.29, 0.717) is 17.1 Å². The summed E-state index contributed by atoms with van der Waals surface area (Å²) in [6.07, 6.45) is 3.06. The van der Waals surface area contributed by atoms with Gasteiger partial charge in [0.2, 0.25) is 0 Å². The number of rotatable bonds is 6. The number of ether oxygens (including phenoxy) is 1. The number of nitrogen functional groups attached to an aromatic ring is 1. The molecule has 4 rings (SSSR count). The molecule has 9 heteroatoms. The molecule has 0 saturated heterocycles. The second-order valence-corrected chi connectivity index (χ2v) is 6.27. The van der Waals surface area contributed by atoms with Gasteiger partial charge in [-0.05, 0) is 24.3 Å². The first-order valence-electron chi connectivity index (χ1n) is 9.08. The van der Waals surface area contributed by atoms with Crippen LogP contribution in [0.5, 0.6) is 5.75 Å².